The van der Waals surface area contributed by atoms with Gasteiger partial charge < -0.3 is 14.5 Å². The van der Waals surface area contributed by atoms with E-state index in [2.05, 4.69) is 246 Å². The molecule has 64 heavy (non-hydrogen) atoms. The van der Waals surface area contributed by atoms with E-state index in [-0.39, 0.29) is 0 Å². The van der Waals surface area contributed by atoms with Crippen LogP contribution in [0.1, 0.15) is 12.5 Å². The standard InChI is InChI=1S/C61H45N3/c1-3-15-42(16-4-2)44-27-34-49(35-28-44)63(50-36-29-45(30-37-50)43-17-7-5-8-18-43)51-38-31-46(32-39-51)52-22-13-24-55-56-25-14-23-53(61(56)62-60(52)55)47-33-40-59-57(41-47)54-21-11-12-26-58(54)64(59)48-19-9-6-10-20-48/h3-41,62H,1H2,2H3/b16-4-,42-15+. The maximum Gasteiger partial charge on any atom is 0.0544 e. The predicted octanol–water partition coefficient (Wildman–Crippen LogP) is 17.0. The Morgan fingerprint density at radius 3 is 1.62 bits per heavy atom. The SMILES string of the molecule is C=C/C=C(\C=C/C)c1ccc(N(c2ccc(-c3ccccc3)cc2)c2ccc(-c3cccc4c3[nH]c3c(-c5ccc6c(c5)c5ccccc5n6-c5ccccc5)cccc34)cc2)cc1. The second-order valence-electron chi connectivity index (χ2n) is 16.2. The molecule has 0 saturated carbocycles. The molecule has 11 aromatic rings. The smallest absolute Gasteiger partial charge is 0.0544 e. The van der Waals surface area contributed by atoms with Gasteiger partial charge in [0.2, 0.25) is 0 Å². The van der Waals surface area contributed by atoms with Crippen LogP contribution in [0, 0.1) is 0 Å². The second-order valence-corrected chi connectivity index (χ2v) is 16.2. The molecule has 11 rings (SSSR count). The van der Waals surface area contributed by atoms with Crippen LogP contribution in [0.5, 0.6) is 0 Å². The number of aromatic amines is 1. The molecule has 2 heterocycles. The van der Waals surface area contributed by atoms with E-state index in [1.54, 1.807) is 0 Å². The molecule has 1 N–H and O–H groups in total. The van der Waals surface area contributed by atoms with Gasteiger partial charge in [0, 0.05) is 55.4 Å². The Labute approximate surface area is 373 Å². The first kappa shape index (κ1) is 38.5. The number of H-pyrrole nitrogens is 1. The average Bonchev–Trinajstić information content (AvgIpc) is 3.91. The number of nitrogens with zero attached hydrogens (tertiary/aromatic N) is 2. The highest BCUT2D eigenvalue weighted by Crippen LogP contribution is 2.42. The molecule has 0 fully saturated rings. The van der Waals surface area contributed by atoms with Crippen LogP contribution in [0.2, 0.25) is 0 Å². The van der Waals surface area contributed by atoms with Gasteiger partial charge >= 0.3 is 0 Å². The van der Waals surface area contributed by atoms with E-state index in [0.29, 0.717) is 0 Å². The van der Waals surface area contributed by atoms with Gasteiger partial charge in [-0.25, -0.2) is 0 Å². The zero-order chi connectivity index (χ0) is 43.0. The van der Waals surface area contributed by atoms with Crippen molar-refractivity contribution in [1.29, 1.82) is 0 Å². The molecule has 2 aromatic heterocycles. The molecule has 0 aliphatic carbocycles. The van der Waals surface area contributed by atoms with Crippen LogP contribution in [-0.4, -0.2) is 9.55 Å². The van der Waals surface area contributed by atoms with Crippen molar-refractivity contribution < 1.29 is 0 Å². The number of hydrogen-bond donors (Lipinski definition) is 1. The summed E-state index contributed by atoms with van der Waals surface area (Å²) >= 11 is 0. The molecular weight excluding hydrogens is 775 g/mol. The first-order chi connectivity index (χ1) is 31.7. The summed E-state index contributed by atoms with van der Waals surface area (Å²) < 4.78 is 2.37. The summed E-state index contributed by atoms with van der Waals surface area (Å²) in [6.07, 6.45) is 8.07. The first-order valence-electron chi connectivity index (χ1n) is 21.9. The fourth-order valence-corrected chi connectivity index (χ4v) is 9.45. The number of para-hydroxylation sites is 4. The maximum absolute atomic E-state index is 3.94. The number of anilines is 3. The summed E-state index contributed by atoms with van der Waals surface area (Å²) in [5.74, 6) is 0. The third-order valence-electron chi connectivity index (χ3n) is 12.4. The fourth-order valence-electron chi connectivity index (χ4n) is 9.45. The number of benzene rings is 9. The van der Waals surface area contributed by atoms with Gasteiger partial charge in [-0.1, -0.05) is 176 Å². The van der Waals surface area contributed by atoms with Crippen molar-refractivity contribution in [2.75, 3.05) is 4.90 Å². The lowest BCUT2D eigenvalue weighted by Gasteiger charge is -2.26. The number of aromatic nitrogens is 2. The molecule has 0 saturated heterocycles. The molecule has 3 nitrogen and oxygen atoms in total. The number of rotatable bonds is 10. The molecule has 0 atom stereocenters. The van der Waals surface area contributed by atoms with Gasteiger partial charge in [-0.15, -0.1) is 0 Å². The van der Waals surface area contributed by atoms with Crippen molar-refractivity contribution in [3.05, 3.63) is 249 Å². The first-order valence-corrected chi connectivity index (χ1v) is 21.9. The van der Waals surface area contributed by atoms with E-state index in [4.69, 9.17) is 0 Å². The Balaban J connectivity index is 0.983. The normalized spacial score (nSPS) is 11.9. The molecule has 0 spiro atoms. The van der Waals surface area contributed by atoms with Crippen molar-refractivity contribution in [3.63, 3.8) is 0 Å². The van der Waals surface area contributed by atoms with Crippen molar-refractivity contribution in [3.8, 4) is 39.1 Å². The summed E-state index contributed by atoms with van der Waals surface area (Å²) in [5, 5.41) is 4.91. The van der Waals surface area contributed by atoms with E-state index in [1.807, 2.05) is 19.1 Å². The van der Waals surface area contributed by atoms with Gasteiger partial charge in [0.05, 0.1) is 22.1 Å². The van der Waals surface area contributed by atoms with E-state index in [0.717, 1.165) is 50.5 Å². The zero-order valence-electron chi connectivity index (χ0n) is 35.6. The molecule has 0 bridgehead atoms. The van der Waals surface area contributed by atoms with E-state index >= 15 is 0 Å². The summed E-state index contributed by atoms with van der Waals surface area (Å²) in [4.78, 5) is 6.27. The highest BCUT2D eigenvalue weighted by molar-refractivity contribution is 6.16. The molecule has 0 radical (unpaired) electrons. The van der Waals surface area contributed by atoms with Crippen LogP contribution in [-0.2, 0) is 0 Å². The largest absolute Gasteiger partial charge is 0.353 e. The Morgan fingerprint density at radius 2 is 0.984 bits per heavy atom. The predicted molar refractivity (Wildman–Crippen MR) is 274 cm³/mol. The van der Waals surface area contributed by atoms with Gasteiger partial charge in [0.15, 0.2) is 0 Å². The third kappa shape index (κ3) is 6.81. The summed E-state index contributed by atoms with van der Waals surface area (Å²) in [6.45, 7) is 5.98. The highest BCUT2D eigenvalue weighted by atomic mass is 15.1. The van der Waals surface area contributed by atoms with Crippen LogP contribution in [0.25, 0.3) is 88.3 Å². The third-order valence-corrected chi connectivity index (χ3v) is 12.4. The van der Waals surface area contributed by atoms with E-state index in [1.165, 1.54) is 60.4 Å². The van der Waals surface area contributed by atoms with Crippen LogP contribution in [0.3, 0.4) is 0 Å². The Kier molecular flexibility index (Phi) is 9.91. The lowest BCUT2D eigenvalue weighted by molar-refractivity contribution is 1.18. The molecular formula is C61H45N3. The lowest BCUT2D eigenvalue weighted by Crippen LogP contribution is -2.10. The minimum atomic E-state index is 1.08. The monoisotopic (exact) mass is 819 g/mol. The Hall–Kier alpha value is -8.40. The number of fused-ring (bicyclic) bond motifs is 6. The van der Waals surface area contributed by atoms with Crippen LogP contribution < -0.4 is 4.90 Å². The van der Waals surface area contributed by atoms with Crippen molar-refractivity contribution in [1.82, 2.24) is 9.55 Å². The molecule has 0 amide bonds. The lowest BCUT2D eigenvalue weighted by atomic mass is 9.99. The van der Waals surface area contributed by atoms with Crippen LogP contribution >= 0.6 is 0 Å². The van der Waals surface area contributed by atoms with Crippen LogP contribution in [0.15, 0.2) is 243 Å². The number of allylic oxidation sites excluding steroid dienone is 5. The molecule has 0 aliphatic heterocycles. The molecule has 0 aliphatic rings. The van der Waals surface area contributed by atoms with Crippen LogP contribution in [0.4, 0.5) is 17.1 Å². The van der Waals surface area contributed by atoms with Crippen molar-refractivity contribution in [2.24, 2.45) is 0 Å². The number of nitrogens with one attached hydrogen (secondary N) is 1. The Morgan fingerprint density at radius 1 is 0.469 bits per heavy atom. The molecule has 0 unspecified atom stereocenters. The van der Waals surface area contributed by atoms with E-state index < -0.39 is 0 Å². The second kappa shape index (κ2) is 16.5. The molecule has 9 aromatic carbocycles. The number of hydrogen-bond acceptors (Lipinski definition) is 1. The zero-order valence-corrected chi connectivity index (χ0v) is 35.6. The topological polar surface area (TPSA) is 24.0 Å². The quantitative estimate of drug-likeness (QED) is 0.137. The molecule has 3 heteroatoms. The fraction of sp³-hybridized carbons (Fsp3) is 0.0164. The van der Waals surface area contributed by atoms with Gasteiger partial charge in [-0.05, 0) is 107 Å². The van der Waals surface area contributed by atoms with Gasteiger partial charge in [0.25, 0.3) is 0 Å². The van der Waals surface area contributed by atoms with Gasteiger partial charge in [0.1, 0.15) is 0 Å². The minimum absolute atomic E-state index is 1.08. The Bertz CT molecular complexity index is 3530. The van der Waals surface area contributed by atoms with Crippen molar-refractivity contribution >= 4 is 66.2 Å². The summed E-state index contributed by atoms with van der Waals surface area (Å²) in [7, 11) is 0. The maximum atomic E-state index is 3.94. The minimum Gasteiger partial charge on any atom is -0.353 e. The van der Waals surface area contributed by atoms with E-state index in [9.17, 15) is 0 Å². The summed E-state index contributed by atoms with van der Waals surface area (Å²) in [6, 6.07) is 76.8. The van der Waals surface area contributed by atoms with Gasteiger partial charge in [-0.3, -0.25) is 0 Å². The van der Waals surface area contributed by atoms with Gasteiger partial charge in [-0.2, -0.15) is 0 Å². The average molecular weight is 820 g/mol. The summed E-state index contributed by atoms with van der Waals surface area (Å²) in [5.41, 5.74) is 18.4. The highest BCUT2D eigenvalue weighted by Gasteiger charge is 2.18. The van der Waals surface area contributed by atoms with Crippen molar-refractivity contribution in [2.45, 2.75) is 6.92 Å². The molecule has 304 valence electrons.